The van der Waals surface area contributed by atoms with E-state index in [1.165, 1.54) is 0 Å². The standard InChI is InChI=1S/C18H9ClF7N3O3/c1-29(13-3-2-11(20)15(19)28-13)16(30)32-14-9(12-6-27-7-31-12)4-8(17(21,22)23)5-10(14)18(24,25)26/h2-7H,1H3. The van der Waals surface area contributed by atoms with Crippen LogP contribution < -0.4 is 9.64 Å². The lowest BCUT2D eigenvalue weighted by molar-refractivity contribution is -0.143. The van der Waals surface area contributed by atoms with E-state index in [1.807, 2.05) is 0 Å². The predicted octanol–water partition coefficient (Wildman–Crippen LogP) is 6.20. The van der Waals surface area contributed by atoms with Gasteiger partial charge in [-0.05, 0) is 24.3 Å². The molecule has 0 saturated heterocycles. The first-order valence-corrected chi connectivity index (χ1v) is 8.65. The van der Waals surface area contributed by atoms with E-state index in [-0.39, 0.29) is 11.9 Å². The van der Waals surface area contributed by atoms with Gasteiger partial charge in [0.2, 0.25) is 0 Å². The molecule has 0 fully saturated rings. The summed E-state index contributed by atoms with van der Waals surface area (Å²) in [5, 5.41) is -0.630. The third-order valence-electron chi connectivity index (χ3n) is 4.01. The van der Waals surface area contributed by atoms with Gasteiger partial charge in [-0.25, -0.2) is 19.2 Å². The van der Waals surface area contributed by atoms with Gasteiger partial charge in [-0.1, -0.05) is 11.6 Å². The number of carbonyl (C=O) groups is 1. The van der Waals surface area contributed by atoms with Gasteiger partial charge < -0.3 is 9.15 Å². The van der Waals surface area contributed by atoms with Crippen LogP contribution in [0.25, 0.3) is 11.3 Å². The molecule has 0 aliphatic heterocycles. The Morgan fingerprint density at radius 3 is 2.34 bits per heavy atom. The zero-order valence-corrected chi connectivity index (χ0v) is 16.3. The molecule has 2 aromatic heterocycles. The molecule has 1 amide bonds. The highest BCUT2D eigenvalue weighted by Crippen LogP contribution is 2.46. The van der Waals surface area contributed by atoms with Crippen LogP contribution in [0.1, 0.15) is 11.1 Å². The molecule has 0 unspecified atom stereocenters. The average molecular weight is 484 g/mol. The molecule has 6 nitrogen and oxygen atoms in total. The predicted molar refractivity (Wildman–Crippen MR) is 95.6 cm³/mol. The number of hydrogen-bond acceptors (Lipinski definition) is 5. The molecule has 3 aromatic rings. The van der Waals surface area contributed by atoms with Crippen molar-refractivity contribution in [2.24, 2.45) is 0 Å². The van der Waals surface area contributed by atoms with Crippen LogP contribution in [0, 0.1) is 5.82 Å². The Morgan fingerprint density at radius 2 is 1.81 bits per heavy atom. The van der Waals surface area contributed by atoms with Gasteiger partial charge in [0.15, 0.2) is 28.9 Å². The van der Waals surface area contributed by atoms with Gasteiger partial charge >= 0.3 is 18.4 Å². The highest BCUT2D eigenvalue weighted by Gasteiger charge is 2.42. The summed E-state index contributed by atoms with van der Waals surface area (Å²) in [7, 11) is 1.02. The topological polar surface area (TPSA) is 68.5 Å². The molecule has 170 valence electrons. The van der Waals surface area contributed by atoms with Crippen LogP contribution >= 0.6 is 11.6 Å². The zero-order chi connectivity index (χ0) is 23.8. The van der Waals surface area contributed by atoms with Gasteiger partial charge in [0.25, 0.3) is 0 Å². The van der Waals surface area contributed by atoms with E-state index < -0.39 is 57.6 Å². The van der Waals surface area contributed by atoms with Crippen molar-refractivity contribution in [3.63, 3.8) is 0 Å². The highest BCUT2D eigenvalue weighted by molar-refractivity contribution is 6.29. The van der Waals surface area contributed by atoms with Crippen molar-refractivity contribution >= 4 is 23.5 Å². The Hall–Kier alpha value is -3.35. The second-order valence-electron chi connectivity index (χ2n) is 6.13. The van der Waals surface area contributed by atoms with Crippen LogP contribution in [0.15, 0.2) is 41.3 Å². The number of aromatic nitrogens is 2. The van der Waals surface area contributed by atoms with Crippen molar-refractivity contribution < 1.29 is 44.7 Å². The summed E-state index contributed by atoms with van der Waals surface area (Å²) >= 11 is 5.52. The molecule has 0 bridgehead atoms. The average Bonchev–Trinajstić information content (AvgIpc) is 3.22. The molecular formula is C18H9ClF7N3O3. The summed E-state index contributed by atoms with van der Waals surface area (Å²) in [6.07, 6.45) is -10.4. The number of pyridine rings is 1. The SMILES string of the molecule is CN(C(=O)Oc1c(-c2cnco2)cc(C(F)(F)F)cc1C(F)(F)F)c1ccc(F)c(Cl)n1. The normalized spacial score (nSPS) is 12.0. The molecule has 0 aliphatic rings. The van der Waals surface area contributed by atoms with Crippen molar-refractivity contribution in [1.82, 2.24) is 9.97 Å². The summed E-state index contributed by atoms with van der Waals surface area (Å²) in [6.45, 7) is 0. The maximum Gasteiger partial charge on any atom is 0.420 e. The fraction of sp³-hybridized carbons (Fsp3) is 0.167. The highest BCUT2D eigenvalue weighted by atomic mass is 35.5. The number of anilines is 1. The van der Waals surface area contributed by atoms with Crippen LogP contribution in [-0.4, -0.2) is 23.1 Å². The van der Waals surface area contributed by atoms with Crippen molar-refractivity contribution in [2.45, 2.75) is 12.4 Å². The maximum atomic E-state index is 13.6. The number of benzene rings is 1. The minimum atomic E-state index is -5.35. The van der Waals surface area contributed by atoms with E-state index in [1.54, 1.807) is 0 Å². The number of alkyl halides is 6. The zero-order valence-electron chi connectivity index (χ0n) is 15.6. The molecule has 1 aromatic carbocycles. The number of oxazole rings is 1. The molecule has 3 rings (SSSR count). The van der Waals surface area contributed by atoms with Crippen molar-refractivity contribution in [3.05, 3.63) is 59.0 Å². The molecule has 0 spiro atoms. The summed E-state index contributed by atoms with van der Waals surface area (Å²) in [6, 6.07) is 1.95. The number of nitrogens with zero attached hydrogens (tertiary/aromatic N) is 3. The van der Waals surface area contributed by atoms with Gasteiger partial charge in [-0.3, -0.25) is 4.90 Å². The monoisotopic (exact) mass is 483 g/mol. The summed E-state index contributed by atoms with van der Waals surface area (Å²) in [5.41, 5.74) is -4.36. The minimum Gasteiger partial charge on any atom is -0.443 e. The van der Waals surface area contributed by atoms with Crippen LogP contribution in [0.3, 0.4) is 0 Å². The second-order valence-corrected chi connectivity index (χ2v) is 6.49. The van der Waals surface area contributed by atoms with E-state index >= 15 is 0 Å². The Kier molecular flexibility index (Phi) is 6.05. The molecule has 2 heterocycles. The summed E-state index contributed by atoms with van der Waals surface area (Å²) in [5.74, 6) is -3.00. The van der Waals surface area contributed by atoms with Crippen molar-refractivity contribution in [3.8, 4) is 17.1 Å². The van der Waals surface area contributed by atoms with Gasteiger partial charge in [0.05, 0.1) is 22.9 Å². The summed E-state index contributed by atoms with van der Waals surface area (Å²) in [4.78, 5) is 20.1. The first-order valence-electron chi connectivity index (χ1n) is 8.28. The van der Waals surface area contributed by atoms with Crippen LogP contribution in [-0.2, 0) is 12.4 Å². The summed E-state index contributed by atoms with van der Waals surface area (Å²) < 4.78 is 103. The lowest BCUT2D eigenvalue weighted by atomic mass is 10.0. The van der Waals surface area contributed by atoms with Gasteiger partial charge in [0, 0.05) is 7.05 Å². The Morgan fingerprint density at radius 1 is 1.12 bits per heavy atom. The van der Waals surface area contributed by atoms with E-state index in [0.717, 1.165) is 31.8 Å². The molecule has 0 N–H and O–H groups in total. The number of hydrogen-bond donors (Lipinski definition) is 0. The molecule has 14 heteroatoms. The number of rotatable bonds is 3. The van der Waals surface area contributed by atoms with E-state index in [2.05, 4.69) is 9.97 Å². The van der Waals surface area contributed by atoms with E-state index in [4.69, 9.17) is 20.8 Å². The van der Waals surface area contributed by atoms with Gasteiger partial charge in [-0.2, -0.15) is 26.3 Å². The lowest BCUT2D eigenvalue weighted by Crippen LogP contribution is -2.31. The van der Waals surface area contributed by atoms with Gasteiger partial charge in [-0.15, -0.1) is 0 Å². The third-order valence-corrected chi connectivity index (χ3v) is 4.28. The molecule has 0 radical (unpaired) electrons. The molecule has 0 aliphatic carbocycles. The number of carbonyl (C=O) groups excluding carboxylic acids is 1. The molecule has 0 saturated carbocycles. The molecule has 0 atom stereocenters. The lowest BCUT2D eigenvalue weighted by Gasteiger charge is -2.21. The fourth-order valence-electron chi connectivity index (χ4n) is 2.49. The number of ether oxygens (including phenoxy) is 1. The van der Waals surface area contributed by atoms with Crippen molar-refractivity contribution in [2.75, 3.05) is 11.9 Å². The molecular weight excluding hydrogens is 475 g/mol. The Labute approximate surface area is 179 Å². The van der Waals surface area contributed by atoms with Crippen molar-refractivity contribution in [1.29, 1.82) is 0 Å². The van der Waals surface area contributed by atoms with E-state index in [9.17, 15) is 35.5 Å². The first-order chi connectivity index (χ1) is 14.8. The first kappa shape index (κ1) is 23.3. The number of amides is 1. The van der Waals surface area contributed by atoms with E-state index in [0.29, 0.717) is 11.0 Å². The molecule has 32 heavy (non-hydrogen) atoms. The second kappa shape index (κ2) is 8.30. The quantitative estimate of drug-likeness (QED) is 0.328. The van der Waals surface area contributed by atoms with Crippen LogP contribution in [0.5, 0.6) is 5.75 Å². The van der Waals surface area contributed by atoms with Crippen LogP contribution in [0.2, 0.25) is 5.15 Å². The smallest absolute Gasteiger partial charge is 0.420 e. The Bertz CT molecular complexity index is 1150. The third kappa shape index (κ3) is 4.77. The Balaban J connectivity index is 2.13. The maximum absolute atomic E-state index is 13.6. The fourth-order valence-corrected chi connectivity index (χ4v) is 2.64. The largest absolute Gasteiger partial charge is 0.443 e. The number of halogens is 8. The van der Waals surface area contributed by atoms with Gasteiger partial charge in [0.1, 0.15) is 5.82 Å². The van der Waals surface area contributed by atoms with Crippen LogP contribution in [0.4, 0.5) is 41.3 Å². The minimum absolute atomic E-state index is 0.199.